The average Bonchev–Trinajstić information content (AvgIpc) is 3.07. The number of para-hydroxylation sites is 1. The maximum absolute atomic E-state index is 12.2. The molecule has 0 unspecified atom stereocenters. The second kappa shape index (κ2) is 5.24. The predicted octanol–water partition coefficient (Wildman–Crippen LogP) is 2.39. The fraction of sp³-hybridized carbons (Fsp3) is 0.588. The number of likely N-dealkylation sites (tertiary alicyclic amines) is 1. The van der Waals surface area contributed by atoms with Gasteiger partial charge in [0.25, 0.3) is 0 Å². The summed E-state index contributed by atoms with van der Waals surface area (Å²) in [5.74, 6) is 0. The number of nitrogens with one attached hydrogen (secondary N) is 1. The Hall–Kier alpha value is -1.71. The number of carbonyl (C=O) groups is 1. The fourth-order valence-corrected chi connectivity index (χ4v) is 3.90. The van der Waals surface area contributed by atoms with Gasteiger partial charge in [-0.3, -0.25) is 0 Å². The average molecular weight is 285 g/mol. The first kappa shape index (κ1) is 13.0. The minimum absolute atomic E-state index is 0.144. The van der Waals surface area contributed by atoms with Gasteiger partial charge >= 0.3 is 6.03 Å². The van der Waals surface area contributed by atoms with Crippen LogP contribution < -0.4 is 10.2 Å². The van der Waals surface area contributed by atoms with Crippen molar-refractivity contribution >= 4 is 11.7 Å². The second-order valence-corrected chi connectivity index (χ2v) is 6.56. The molecule has 1 aliphatic carbocycles. The molecule has 4 nitrogen and oxygen atoms in total. The molecule has 0 atom stereocenters. The SMILES string of the molecule is O=C(NC1CCCC1)N1CC(N2CCc3ccccc32)C1. The Labute approximate surface area is 126 Å². The normalized spacial score (nSPS) is 22.3. The van der Waals surface area contributed by atoms with Gasteiger partial charge in [0, 0.05) is 31.4 Å². The van der Waals surface area contributed by atoms with E-state index in [-0.39, 0.29) is 6.03 Å². The van der Waals surface area contributed by atoms with Gasteiger partial charge in [-0.2, -0.15) is 0 Å². The number of amides is 2. The number of rotatable bonds is 2. The topological polar surface area (TPSA) is 35.6 Å². The minimum atomic E-state index is 0.144. The standard InChI is InChI=1S/C17H23N3O/c21-17(18-14-6-2-3-7-14)19-11-15(12-19)20-10-9-13-5-1-4-8-16(13)20/h1,4-5,8,14-15H,2-3,6-7,9-12H2,(H,18,21). The number of urea groups is 1. The molecule has 2 aliphatic heterocycles. The molecule has 2 fully saturated rings. The van der Waals surface area contributed by atoms with E-state index in [1.807, 2.05) is 4.90 Å². The Bertz CT molecular complexity index is 533. The van der Waals surface area contributed by atoms with E-state index < -0.39 is 0 Å². The van der Waals surface area contributed by atoms with Gasteiger partial charge in [0.2, 0.25) is 0 Å². The Kier molecular flexibility index (Phi) is 3.24. The Morgan fingerprint density at radius 3 is 2.71 bits per heavy atom. The van der Waals surface area contributed by atoms with E-state index in [9.17, 15) is 4.79 Å². The van der Waals surface area contributed by atoms with Gasteiger partial charge in [0.15, 0.2) is 0 Å². The van der Waals surface area contributed by atoms with Crippen LogP contribution in [0, 0.1) is 0 Å². The van der Waals surface area contributed by atoms with Gasteiger partial charge in [-0.15, -0.1) is 0 Å². The van der Waals surface area contributed by atoms with E-state index in [0.29, 0.717) is 12.1 Å². The highest BCUT2D eigenvalue weighted by Crippen LogP contribution is 2.32. The van der Waals surface area contributed by atoms with Crippen LogP contribution in [-0.4, -0.2) is 42.6 Å². The van der Waals surface area contributed by atoms with Crippen LogP contribution >= 0.6 is 0 Å². The van der Waals surface area contributed by atoms with Gasteiger partial charge < -0.3 is 15.1 Å². The van der Waals surface area contributed by atoms with Crippen LogP contribution in [0.1, 0.15) is 31.2 Å². The molecule has 3 aliphatic rings. The van der Waals surface area contributed by atoms with E-state index in [2.05, 4.69) is 34.5 Å². The number of hydrogen-bond donors (Lipinski definition) is 1. The summed E-state index contributed by atoms with van der Waals surface area (Å²) >= 11 is 0. The summed E-state index contributed by atoms with van der Waals surface area (Å²) in [5.41, 5.74) is 2.82. The van der Waals surface area contributed by atoms with Crippen molar-refractivity contribution in [3.63, 3.8) is 0 Å². The molecule has 1 aromatic carbocycles. The molecular weight excluding hydrogens is 262 g/mol. The van der Waals surface area contributed by atoms with Crippen molar-refractivity contribution in [2.75, 3.05) is 24.5 Å². The maximum atomic E-state index is 12.2. The predicted molar refractivity (Wildman–Crippen MR) is 83.6 cm³/mol. The van der Waals surface area contributed by atoms with Crippen molar-refractivity contribution in [2.45, 2.75) is 44.2 Å². The molecule has 21 heavy (non-hydrogen) atoms. The molecular formula is C17H23N3O. The lowest BCUT2D eigenvalue weighted by Crippen LogP contribution is -2.63. The van der Waals surface area contributed by atoms with Crippen molar-refractivity contribution in [3.8, 4) is 0 Å². The highest BCUT2D eigenvalue weighted by atomic mass is 16.2. The second-order valence-electron chi connectivity index (χ2n) is 6.56. The lowest BCUT2D eigenvalue weighted by molar-refractivity contribution is 0.146. The van der Waals surface area contributed by atoms with E-state index >= 15 is 0 Å². The molecule has 112 valence electrons. The molecule has 2 heterocycles. The molecule has 0 aromatic heterocycles. The maximum Gasteiger partial charge on any atom is 0.317 e. The zero-order chi connectivity index (χ0) is 14.2. The number of benzene rings is 1. The first-order valence-electron chi connectivity index (χ1n) is 8.21. The summed E-state index contributed by atoms with van der Waals surface area (Å²) in [4.78, 5) is 16.6. The van der Waals surface area contributed by atoms with Crippen molar-refractivity contribution in [1.29, 1.82) is 0 Å². The molecule has 0 radical (unpaired) electrons. The quantitative estimate of drug-likeness (QED) is 0.905. The third-order valence-electron chi connectivity index (χ3n) is 5.20. The summed E-state index contributed by atoms with van der Waals surface area (Å²) in [6, 6.07) is 9.73. The summed E-state index contributed by atoms with van der Waals surface area (Å²) in [6.07, 6.45) is 5.97. The zero-order valence-electron chi connectivity index (χ0n) is 12.4. The smallest absolute Gasteiger partial charge is 0.317 e. The van der Waals surface area contributed by atoms with E-state index in [1.54, 1.807) is 0 Å². The van der Waals surface area contributed by atoms with Crippen molar-refractivity contribution in [3.05, 3.63) is 29.8 Å². The van der Waals surface area contributed by atoms with Crippen LogP contribution in [0.2, 0.25) is 0 Å². The van der Waals surface area contributed by atoms with Gasteiger partial charge in [-0.25, -0.2) is 4.79 Å². The van der Waals surface area contributed by atoms with E-state index in [4.69, 9.17) is 0 Å². The fourth-order valence-electron chi connectivity index (χ4n) is 3.90. The summed E-state index contributed by atoms with van der Waals surface area (Å²) in [6.45, 7) is 2.84. The van der Waals surface area contributed by atoms with Crippen LogP contribution in [0.15, 0.2) is 24.3 Å². The minimum Gasteiger partial charge on any atom is -0.364 e. The molecule has 2 amide bonds. The summed E-state index contributed by atoms with van der Waals surface area (Å²) < 4.78 is 0. The molecule has 4 heteroatoms. The number of nitrogens with zero attached hydrogens (tertiary/aromatic N) is 2. The van der Waals surface area contributed by atoms with Gasteiger partial charge in [0.1, 0.15) is 0 Å². The van der Waals surface area contributed by atoms with Crippen LogP contribution in [0.25, 0.3) is 0 Å². The highest BCUT2D eigenvalue weighted by Gasteiger charge is 2.37. The summed E-state index contributed by atoms with van der Waals surface area (Å²) in [7, 11) is 0. The Morgan fingerprint density at radius 2 is 1.90 bits per heavy atom. The van der Waals surface area contributed by atoms with Crippen molar-refractivity contribution in [2.24, 2.45) is 0 Å². The van der Waals surface area contributed by atoms with Crippen molar-refractivity contribution in [1.82, 2.24) is 10.2 Å². The molecule has 1 aromatic rings. The monoisotopic (exact) mass is 285 g/mol. The molecule has 1 N–H and O–H groups in total. The van der Waals surface area contributed by atoms with Gasteiger partial charge in [-0.05, 0) is 30.9 Å². The van der Waals surface area contributed by atoms with Crippen LogP contribution in [0.5, 0.6) is 0 Å². The highest BCUT2D eigenvalue weighted by molar-refractivity contribution is 5.76. The van der Waals surface area contributed by atoms with Crippen LogP contribution in [-0.2, 0) is 6.42 Å². The number of hydrogen-bond acceptors (Lipinski definition) is 2. The largest absolute Gasteiger partial charge is 0.364 e. The third-order valence-corrected chi connectivity index (χ3v) is 5.20. The molecule has 1 saturated heterocycles. The first-order valence-corrected chi connectivity index (χ1v) is 8.21. The first-order chi connectivity index (χ1) is 10.3. The summed E-state index contributed by atoms with van der Waals surface area (Å²) in [5, 5.41) is 3.18. The molecule has 0 bridgehead atoms. The number of fused-ring (bicyclic) bond motifs is 1. The lowest BCUT2D eigenvalue weighted by Gasteiger charge is -2.45. The van der Waals surface area contributed by atoms with Gasteiger partial charge in [0.05, 0.1) is 6.04 Å². The van der Waals surface area contributed by atoms with Crippen LogP contribution in [0.4, 0.5) is 10.5 Å². The number of carbonyl (C=O) groups excluding carboxylic acids is 1. The van der Waals surface area contributed by atoms with Gasteiger partial charge in [-0.1, -0.05) is 31.0 Å². The Morgan fingerprint density at radius 1 is 1.14 bits per heavy atom. The Balaban J connectivity index is 1.32. The van der Waals surface area contributed by atoms with Crippen LogP contribution in [0.3, 0.4) is 0 Å². The van der Waals surface area contributed by atoms with E-state index in [0.717, 1.165) is 38.9 Å². The zero-order valence-corrected chi connectivity index (χ0v) is 12.4. The molecule has 4 rings (SSSR count). The van der Waals surface area contributed by atoms with E-state index in [1.165, 1.54) is 24.1 Å². The molecule has 0 spiro atoms. The third kappa shape index (κ3) is 2.37. The van der Waals surface area contributed by atoms with Crippen molar-refractivity contribution < 1.29 is 4.79 Å². The molecule has 1 saturated carbocycles. The number of anilines is 1. The lowest BCUT2D eigenvalue weighted by atomic mass is 10.1.